The number of rotatable bonds is 4. The Balaban J connectivity index is 1.03. The number of thiophene rings is 1. The summed E-state index contributed by atoms with van der Waals surface area (Å²) in [6, 6.07) is 53.2. The molecule has 6 heteroatoms. The van der Waals surface area contributed by atoms with Crippen molar-refractivity contribution in [2.75, 3.05) is 0 Å². The maximum Gasteiger partial charge on any atom is 0.143 e. The van der Waals surface area contributed by atoms with E-state index >= 15 is 0 Å². The molecule has 3 aromatic heterocycles. The number of fused-ring (bicyclic) bond motifs is 9. The van der Waals surface area contributed by atoms with Crippen LogP contribution in [-0.2, 0) is 0 Å². The van der Waals surface area contributed by atoms with Crippen LogP contribution < -0.4 is 10.6 Å². The number of para-hydroxylation sites is 2. The van der Waals surface area contributed by atoms with Gasteiger partial charge < -0.3 is 14.2 Å². The summed E-state index contributed by atoms with van der Waals surface area (Å²) in [7, 11) is 0. The number of benzene rings is 7. The van der Waals surface area contributed by atoms with E-state index in [1.165, 1.54) is 20.2 Å². The molecule has 1 aliphatic rings. The van der Waals surface area contributed by atoms with E-state index in [0.717, 1.165) is 77.5 Å². The molecule has 2 unspecified atom stereocenters. The van der Waals surface area contributed by atoms with Gasteiger partial charge in [-0.05, 0) is 53.1 Å². The predicted molar refractivity (Wildman–Crippen MR) is 210 cm³/mol. The molecule has 1 aliphatic heterocycles. The van der Waals surface area contributed by atoms with E-state index in [1.807, 2.05) is 23.5 Å². The Morgan fingerprint density at radius 2 is 1.25 bits per heavy atom. The maximum atomic E-state index is 6.51. The summed E-state index contributed by atoms with van der Waals surface area (Å²) in [4.78, 5) is 5.34. The van der Waals surface area contributed by atoms with E-state index in [-0.39, 0.29) is 12.3 Å². The molecule has 11 rings (SSSR count). The fourth-order valence-electron chi connectivity index (χ4n) is 7.76. The van der Waals surface area contributed by atoms with E-state index in [0.29, 0.717) is 0 Å². The van der Waals surface area contributed by atoms with Crippen LogP contribution in [0.5, 0.6) is 0 Å². The van der Waals surface area contributed by atoms with Crippen molar-refractivity contribution in [3.8, 4) is 11.1 Å². The van der Waals surface area contributed by atoms with Crippen LogP contribution in [0, 0.1) is 0 Å². The van der Waals surface area contributed by atoms with Gasteiger partial charge in [0.25, 0.3) is 0 Å². The molecule has 0 radical (unpaired) electrons. The maximum absolute atomic E-state index is 6.51. The molecular formula is C45H29N3O2S. The Morgan fingerprint density at radius 3 is 2.20 bits per heavy atom. The average Bonchev–Trinajstić information content (AvgIpc) is 3.88. The van der Waals surface area contributed by atoms with Gasteiger partial charge >= 0.3 is 0 Å². The molecule has 5 nitrogen and oxygen atoms in total. The van der Waals surface area contributed by atoms with E-state index in [9.17, 15) is 0 Å². The molecule has 2 N–H and O–H groups in total. The molecule has 7 aromatic carbocycles. The molecule has 0 bridgehead atoms. The summed E-state index contributed by atoms with van der Waals surface area (Å²) in [6.45, 7) is 0. The molecule has 242 valence electrons. The van der Waals surface area contributed by atoms with Gasteiger partial charge in [0.1, 0.15) is 40.5 Å². The average molecular weight is 676 g/mol. The molecule has 51 heavy (non-hydrogen) atoms. The first-order chi connectivity index (χ1) is 25.2. The minimum atomic E-state index is -0.300. The third kappa shape index (κ3) is 4.54. The summed E-state index contributed by atoms with van der Waals surface area (Å²) in [6.07, 6.45) is -0.441. The van der Waals surface area contributed by atoms with Crippen LogP contribution in [-0.4, -0.2) is 5.84 Å². The summed E-state index contributed by atoms with van der Waals surface area (Å²) in [5.41, 5.74) is 8.93. The quantitative estimate of drug-likeness (QED) is 0.195. The third-order valence-electron chi connectivity index (χ3n) is 10.2. The van der Waals surface area contributed by atoms with Gasteiger partial charge in [-0.25, -0.2) is 4.99 Å². The SMILES string of the molecule is c1ccc(C2NC(c3cccc4sc5ccccc5c34)=NC(c3ccc4c(c3)oc3ccc(-c5cccc6c5oc5ccccc56)cc34)N2)cc1. The van der Waals surface area contributed by atoms with Gasteiger partial charge in [0.05, 0.1) is 0 Å². The first-order valence-corrected chi connectivity index (χ1v) is 18.0. The van der Waals surface area contributed by atoms with Gasteiger partial charge in [0.15, 0.2) is 0 Å². The fraction of sp³-hybridized carbons (Fsp3) is 0.0444. The number of hydrogen-bond donors (Lipinski definition) is 2. The molecule has 10 aromatic rings. The van der Waals surface area contributed by atoms with Crippen LogP contribution in [0.25, 0.3) is 75.2 Å². The second kappa shape index (κ2) is 11.2. The number of aliphatic imine (C=N–C) groups is 1. The first-order valence-electron chi connectivity index (χ1n) is 17.2. The number of furan rings is 2. The van der Waals surface area contributed by atoms with Gasteiger partial charge in [0, 0.05) is 52.8 Å². The summed E-state index contributed by atoms with van der Waals surface area (Å²) >= 11 is 1.82. The highest BCUT2D eigenvalue weighted by Crippen LogP contribution is 2.40. The molecule has 0 aliphatic carbocycles. The monoisotopic (exact) mass is 675 g/mol. The van der Waals surface area contributed by atoms with Crippen LogP contribution in [0.15, 0.2) is 165 Å². The number of nitrogens with one attached hydrogen (secondary N) is 2. The van der Waals surface area contributed by atoms with E-state index in [4.69, 9.17) is 13.8 Å². The van der Waals surface area contributed by atoms with Crippen LogP contribution in [0.3, 0.4) is 0 Å². The second-order valence-corrected chi connectivity index (χ2v) is 14.2. The lowest BCUT2D eigenvalue weighted by Crippen LogP contribution is -2.45. The van der Waals surface area contributed by atoms with Crippen LogP contribution in [0.4, 0.5) is 0 Å². The highest BCUT2D eigenvalue weighted by atomic mass is 32.1. The van der Waals surface area contributed by atoms with Crippen molar-refractivity contribution in [1.82, 2.24) is 10.6 Å². The standard InChI is InChI=1S/C45H29N3O2S/c1-2-10-26(11-3-1)43-46-44(48-45(47-43)34-16-9-19-40-41(34)33-13-5-7-18-39(33)51-40)28-20-22-31-35-24-27(21-23-37(35)49-38(31)25-28)29-14-8-15-32-30-12-4-6-17-36(30)50-42(29)32/h1-25,43-44,46H,(H,47,48). The summed E-state index contributed by atoms with van der Waals surface area (Å²) in [5.74, 6) is 0.871. The number of amidine groups is 1. The van der Waals surface area contributed by atoms with Crippen molar-refractivity contribution in [3.63, 3.8) is 0 Å². The lowest BCUT2D eigenvalue weighted by Gasteiger charge is -2.32. The number of hydrogen-bond acceptors (Lipinski definition) is 6. The van der Waals surface area contributed by atoms with Crippen LogP contribution >= 0.6 is 11.3 Å². The topological polar surface area (TPSA) is 62.7 Å². The van der Waals surface area contributed by atoms with Gasteiger partial charge in [-0.2, -0.15) is 0 Å². The zero-order valence-corrected chi connectivity index (χ0v) is 28.1. The van der Waals surface area contributed by atoms with Crippen LogP contribution in [0.1, 0.15) is 29.0 Å². The molecule has 4 heterocycles. The van der Waals surface area contributed by atoms with Crippen LogP contribution in [0.2, 0.25) is 0 Å². The van der Waals surface area contributed by atoms with Crippen molar-refractivity contribution in [3.05, 3.63) is 168 Å². The summed E-state index contributed by atoms with van der Waals surface area (Å²) in [5, 5.41) is 14.4. The normalized spacial score (nSPS) is 16.4. The molecular weight excluding hydrogens is 647 g/mol. The Morgan fingerprint density at radius 1 is 0.510 bits per heavy atom. The largest absolute Gasteiger partial charge is 0.456 e. The lowest BCUT2D eigenvalue weighted by atomic mass is 10.00. The molecule has 0 fully saturated rings. The Labute approximate surface area is 296 Å². The highest BCUT2D eigenvalue weighted by molar-refractivity contribution is 7.25. The molecule has 0 spiro atoms. The van der Waals surface area contributed by atoms with Crippen molar-refractivity contribution in [2.24, 2.45) is 4.99 Å². The highest BCUT2D eigenvalue weighted by Gasteiger charge is 2.27. The second-order valence-electron chi connectivity index (χ2n) is 13.2. The molecule has 0 amide bonds. The van der Waals surface area contributed by atoms with Crippen molar-refractivity contribution < 1.29 is 8.83 Å². The fourth-order valence-corrected chi connectivity index (χ4v) is 8.89. The van der Waals surface area contributed by atoms with Gasteiger partial charge in [-0.1, -0.05) is 115 Å². The third-order valence-corrected chi connectivity index (χ3v) is 11.3. The van der Waals surface area contributed by atoms with Crippen molar-refractivity contribution >= 4 is 81.2 Å². The summed E-state index contributed by atoms with van der Waals surface area (Å²) < 4.78 is 15.4. The van der Waals surface area contributed by atoms with Gasteiger partial charge in [0.2, 0.25) is 0 Å². The molecule has 2 atom stereocenters. The van der Waals surface area contributed by atoms with Gasteiger partial charge in [-0.15, -0.1) is 11.3 Å². The molecule has 0 saturated heterocycles. The van der Waals surface area contributed by atoms with E-state index < -0.39 is 0 Å². The zero-order valence-electron chi connectivity index (χ0n) is 27.3. The Hall–Kier alpha value is -6.21. The zero-order chi connectivity index (χ0) is 33.5. The predicted octanol–water partition coefficient (Wildman–Crippen LogP) is 11.9. The van der Waals surface area contributed by atoms with E-state index in [1.54, 1.807) is 0 Å². The minimum Gasteiger partial charge on any atom is -0.456 e. The van der Waals surface area contributed by atoms with Crippen molar-refractivity contribution in [2.45, 2.75) is 12.3 Å². The first kappa shape index (κ1) is 28.6. The minimum absolute atomic E-state index is 0.140. The molecule has 0 saturated carbocycles. The van der Waals surface area contributed by atoms with Gasteiger partial charge in [-0.3, -0.25) is 5.32 Å². The van der Waals surface area contributed by atoms with Crippen molar-refractivity contribution in [1.29, 1.82) is 0 Å². The Bertz CT molecular complexity index is 3010. The Kier molecular flexibility index (Phi) is 6.26. The van der Waals surface area contributed by atoms with E-state index in [2.05, 4.69) is 150 Å². The number of nitrogens with zero attached hydrogens (tertiary/aromatic N) is 1. The smallest absolute Gasteiger partial charge is 0.143 e. The lowest BCUT2D eigenvalue weighted by molar-refractivity contribution is 0.409.